The van der Waals surface area contributed by atoms with Gasteiger partial charge in [0.05, 0.1) is 6.20 Å². The van der Waals surface area contributed by atoms with Gasteiger partial charge in [-0.3, -0.25) is 4.79 Å². The van der Waals surface area contributed by atoms with Crippen LogP contribution in [0.3, 0.4) is 0 Å². The van der Waals surface area contributed by atoms with Gasteiger partial charge in [0.1, 0.15) is 23.2 Å². The largest absolute Gasteiger partial charge is 0.573 e. The second kappa shape index (κ2) is 12.4. The molecule has 1 unspecified atom stereocenters. The van der Waals surface area contributed by atoms with Crippen LogP contribution in [-0.4, -0.2) is 41.4 Å². The van der Waals surface area contributed by atoms with Crippen LogP contribution < -0.4 is 26.4 Å². The molecular formula is C32H40F3N7O2. The first kappa shape index (κ1) is 30.4. The number of ether oxygens (including phenoxy) is 1. The number of rotatable bonds is 11. The van der Waals surface area contributed by atoms with Crippen molar-refractivity contribution in [1.29, 1.82) is 5.26 Å². The maximum atomic E-state index is 12.8. The Bertz CT molecular complexity index is 1370. The SMILES string of the molecule is N#Cc1cnc(NCc2ccccc2OC(F)(F)F)nc1NC[C@]12CC3C[C@H](C1)[C@@H](NC[C@H]1CC[C@H](C(N)=O)CC1)[C@@H](C3)C2. The number of nitriles is 1. The van der Waals surface area contributed by atoms with Crippen molar-refractivity contribution in [3.05, 3.63) is 41.6 Å². The fourth-order valence-corrected chi connectivity index (χ4v) is 8.70. The van der Waals surface area contributed by atoms with E-state index in [-0.39, 0.29) is 35.5 Å². The first-order chi connectivity index (χ1) is 21.1. The number of amides is 1. The molecule has 44 heavy (non-hydrogen) atoms. The van der Waals surface area contributed by atoms with Gasteiger partial charge in [-0.2, -0.15) is 10.2 Å². The average molecular weight is 612 g/mol. The number of para-hydroxylation sites is 1. The summed E-state index contributed by atoms with van der Waals surface area (Å²) >= 11 is 0. The lowest BCUT2D eigenvalue weighted by Gasteiger charge is -2.60. The third-order valence-electron chi connectivity index (χ3n) is 10.5. The van der Waals surface area contributed by atoms with Gasteiger partial charge in [0.2, 0.25) is 11.9 Å². The maximum Gasteiger partial charge on any atom is 0.573 e. The van der Waals surface area contributed by atoms with E-state index in [1.54, 1.807) is 12.1 Å². The number of hydrogen-bond donors (Lipinski definition) is 4. The summed E-state index contributed by atoms with van der Waals surface area (Å²) in [4.78, 5) is 20.3. The van der Waals surface area contributed by atoms with Gasteiger partial charge < -0.3 is 26.4 Å². The Morgan fingerprint density at radius 2 is 1.82 bits per heavy atom. The molecule has 7 rings (SSSR count). The number of benzene rings is 1. The molecule has 0 spiro atoms. The van der Waals surface area contributed by atoms with Crippen LogP contribution in [0.4, 0.5) is 24.9 Å². The Morgan fingerprint density at radius 3 is 2.50 bits per heavy atom. The van der Waals surface area contributed by atoms with Crippen molar-refractivity contribution < 1.29 is 22.7 Å². The van der Waals surface area contributed by atoms with Crippen molar-refractivity contribution in [1.82, 2.24) is 15.3 Å². The van der Waals surface area contributed by atoms with Gasteiger partial charge in [0.15, 0.2) is 0 Å². The number of aromatic nitrogens is 2. The summed E-state index contributed by atoms with van der Waals surface area (Å²) in [6.07, 6.45) is 6.52. The molecule has 5 fully saturated rings. The standard InChI is InChI=1S/C32H40F3N7O2/c33-32(34,35)44-26-4-2-1-3-22(26)16-39-30-40-17-25(14-36)29(42-30)41-18-31-11-20-9-23(12-31)27(24(10-20)13-31)38-15-19-5-7-21(8-6-19)28(37)43/h1-4,17,19-21,23-24,27,38H,5-13,15-16,18H2,(H2,37,43)(H2,39,40,41,42)/t19-,20?,21-,23-,24+,27-,31-. The van der Waals surface area contributed by atoms with E-state index in [1.807, 2.05) is 0 Å². The van der Waals surface area contributed by atoms with Crippen LogP contribution in [0.5, 0.6) is 5.75 Å². The lowest BCUT2D eigenvalue weighted by Crippen LogP contribution is -2.60. The minimum atomic E-state index is -4.79. The van der Waals surface area contributed by atoms with Crippen LogP contribution in [-0.2, 0) is 11.3 Å². The van der Waals surface area contributed by atoms with Gasteiger partial charge in [-0.15, -0.1) is 13.2 Å². The summed E-state index contributed by atoms with van der Waals surface area (Å²) in [7, 11) is 0. The summed E-state index contributed by atoms with van der Waals surface area (Å²) in [6.45, 7) is 1.75. The molecule has 5 saturated carbocycles. The number of nitrogens with one attached hydrogen (secondary N) is 3. The molecule has 1 amide bonds. The van der Waals surface area contributed by atoms with Crippen LogP contribution in [0.15, 0.2) is 30.5 Å². The first-order valence-electron chi connectivity index (χ1n) is 15.7. The number of carbonyl (C=O) groups is 1. The molecule has 1 aromatic heterocycles. The Hall–Kier alpha value is -3.59. The van der Waals surface area contributed by atoms with E-state index in [2.05, 4.69) is 36.7 Å². The molecule has 2 aromatic rings. The molecule has 5 atom stereocenters. The topological polar surface area (TPSA) is 138 Å². The van der Waals surface area contributed by atoms with Crippen LogP contribution >= 0.6 is 0 Å². The highest BCUT2D eigenvalue weighted by Crippen LogP contribution is 2.60. The van der Waals surface area contributed by atoms with E-state index in [1.165, 1.54) is 37.6 Å². The molecule has 236 valence electrons. The predicted octanol–water partition coefficient (Wildman–Crippen LogP) is 5.35. The molecule has 5 aliphatic rings. The molecule has 9 nitrogen and oxygen atoms in total. The van der Waals surface area contributed by atoms with Crippen LogP contribution in [0.25, 0.3) is 0 Å². The van der Waals surface area contributed by atoms with Crippen molar-refractivity contribution in [3.8, 4) is 11.8 Å². The van der Waals surface area contributed by atoms with Crippen LogP contribution in [0.1, 0.15) is 68.9 Å². The van der Waals surface area contributed by atoms with Crippen LogP contribution in [0, 0.1) is 46.3 Å². The zero-order valence-corrected chi connectivity index (χ0v) is 24.7. The number of primary amides is 1. The molecule has 0 saturated heterocycles. The predicted molar refractivity (Wildman–Crippen MR) is 158 cm³/mol. The van der Waals surface area contributed by atoms with Gasteiger partial charge in [-0.05, 0) is 99.5 Å². The number of alkyl halides is 3. The monoisotopic (exact) mass is 611 g/mol. The third-order valence-corrected chi connectivity index (χ3v) is 10.5. The first-order valence-corrected chi connectivity index (χ1v) is 15.7. The van der Waals surface area contributed by atoms with E-state index in [9.17, 15) is 23.2 Å². The molecule has 12 heteroatoms. The van der Waals surface area contributed by atoms with E-state index in [0.717, 1.165) is 51.0 Å². The Labute approximate surface area is 255 Å². The quantitative estimate of drug-likeness (QED) is 0.267. The van der Waals surface area contributed by atoms with Gasteiger partial charge in [0.25, 0.3) is 0 Å². The Morgan fingerprint density at radius 1 is 1.09 bits per heavy atom. The zero-order chi connectivity index (χ0) is 30.9. The fourth-order valence-electron chi connectivity index (χ4n) is 8.70. The summed E-state index contributed by atoms with van der Waals surface area (Å²) < 4.78 is 42.6. The lowest BCUT2D eigenvalue weighted by molar-refractivity contribution is -0.274. The van der Waals surface area contributed by atoms with Crippen molar-refractivity contribution in [2.24, 2.45) is 40.7 Å². The lowest BCUT2D eigenvalue weighted by atomic mass is 9.48. The van der Waals surface area contributed by atoms with Gasteiger partial charge >= 0.3 is 6.36 Å². The number of anilines is 2. The highest BCUT2D eigenvalue weighted by molar-refractivity contribution is 5.76. The van der Waals surface area contributed by atoms with E-state index < -0.39 is 6.36 Å². The maximum absolute atomic E-state index is 12.8. The van der Waals surface area contributed by atoms with Crippen molar-refractivity contribution >= 4 is 17.7 Å². The molecule has 0 aliphatic heterocycles. The average Bonchev–Trinajstić information content (AvgIpc) is 2.98. The summed E-state index contributed by atoms with van der Waals surface area (Å²) in [5.74, 6) is 2.82. The number of hydrogen-bond acceptors (Lipinski definition) is 8. The molecule has 1 aromatic carbocycles. The van der Waals surface area contributed by atoms with E-state index in [0.29, 0.717) is 47.3 Å². The summed E-state index contributed by atoms with van der Waals surface area (Å²) in [5.41, 5.74) is 6.30. The Balaban J connectivity index is 1.06. The van der Waals surface area contributed by atoms with Crippen LogP contribution in [0.2, 0.25) is 0 Å². The normalized spacial score (nSPS) is 30.9. The third kappa shape index (κ3) is 6.88. The van der Waals surface area contributed by atoms with Crippen molar-refractivity contribution in [3.63, 3.8) is 0 Å². The highest BCUT2D eigenvalue weighted by Gasteiger charge is 2.55. The molecule has 4 bridgehead atoms. The van der Waals surface area contributed by atoms with E-state index in [4.69, 9.17) is 5.73 Å². The van der Waals surface area contributed by atoms with Gasteiger partial charge in [0, 0.05) is 30.6 Å². The molecule has 5 N–H and O–H groups in total. The molecule has 1 heterocycles. The molecular weight excluding hydrogens is 571 g/mol. The second-order valence-corrected chi connectivity index (χ2v) is 13.5. The Kier molecular flexibility index (Phi) is 8.59. The summed E-state index contributed by atoms with van der Waals surface area (Å²) in [6, 6.07) is 8.61. The minimum absolute atomic E-state index is 0.0214. The van der Waals surface area contributed by atoms with Crippen molar-refractivity contribution in [2.45, 2.75) is 76.7 Å². The number of halogens is 3. The van der Waals surface area contributed by atoms with Crippen molar-refractivity contribution in [2.75, 3.05) is 23.7 Å². The second-order valence-electron chi connectivity index (χ2n) is 13.5. The van der Waals surface area contributed by atoms with Gasteiger partial charge in [-0.1, -0.05) is 18.2 Å². The summed E-state index contributed by atoms with van der Waals surface area (Å²) in [5, 5.41) is 20.1. The number of carbonyl (C=O) groups excluding carboxylic acids is 1. The number of nitrogens with two attached hydrogens (primary N) is 1. The highest BCUT2D eigenvalue weighted by atomic mass is 19.4. The minimum Gasteiger partial charge on any atom is -0.405 e. The number of nitrogens with zero attached hydrogens (tertiary/aromatic N) is 3. The molecule has 0 radical (unpaired) electrons. The fraction of sp³-hybridized carbons (Fsp3) is 0.625. The van der Waals surface area contributed by atoms with Gasteiger partial charge in [-0.25, -0.2) is 4.98 Å². The smallest absolute Gasteiger partial charge is 0.405 e. The molecule has 5 aliphatic carbocycles. The van der Waals surface area contributed by atoms with E-state index >= 15 is 0 Å². The zero-order valence-electron chi connectivity index (χ0n) is 24.7.